The molecule has 184 valence electrons. The first-order valence-electron chi connectivity index (χ1n) is 11.6. The van der Waals surface area contributed by atoms with Crippen molar-refractivity contribution >= 4 is 28.8 Å². The van der Waals surface area contributed by atoms with Gasteiger partial charge in [0.05, 0.1) is 29.0 Å². The molecular formula is C29H25Cl2NO4. The summed E-state index contributed by atoms with van der Waals surface area (Å²) in [6.45, 7) is 3.96. The topological polar surface area (TPSA) is 64.7 Å². The van der Waals surface area contributed by atoms with E-state index in [1.54, 1.807) is 31.6 Å². The maximum atomic E-state index is 11.5. The number of rotatable bonds is 6. The molecule has 1 aliphatic heterocycles. The van der Waals surface area contributed by atoms with Gasteiger partial charge in [-0.2, -0.15) is 0 Å². The van der Waals surface area contributed by atoms with Crippen LogP contribution in [0.15, 0.2) is 71.4 Å². The average molecular weight is 522 g/mol. The number of nitrogens with zero attached hydrogens (tertiary/aromatic N) is 1. The molecule has 0 aliphatic carbocycles. The molecule has 0 amide bonds. The van der Waals surface area contributed by atoms with Gasteiger partial charge in [0.15, 0.2) is 0 Å². The lowest BCUT2D eigenvalue weighted by Crippen LogP contribution is -2.07. The third-order valence-corrected chi connectivity index (χ3v) is 6.96. The predicted molar refractivity (Wildman–Crippen MR) is 142 cm³/mol. The van der Waals surface area contributed by atoms with E-state index in [0.717, 1.165) is 22.4 Å². The minimum Gasteiger partial charge on any atom is -0.497 e. The van der Waals surface area contributed by atoms with E-state index in [1.165, 1.54) is 0 Å². The van der Waals surface area contributed by atoms with Gasteiger partial charge in [-0.15, -0.1) is 0 Å². The zero-order valence-corrected chi connectivity index (χ0v) is 21.6. The Morgan fingerprint density at radius 1 is 1.00 bits per heavy atom. The lowest BCUT2D eigenvalue weighted by atomic mass is 9.91. The molecule has 5 rings (SSSR count). The minimum absolute atomic E-state index is 0.0129. The molecule has 3 aromatic carbocycles. The monoisotopic (exact) mass is 521 g/mol. The van der Waals surface area contributed by atoms with Crippen molar-refractivity contribution in [3.8, 4) is 22.8 Å². The number of hydrogen-bond acceptors (Lipinski definition) is 5. The van der Waals surface area contributed by atoms with Crippen LogP contribution >= 0.6 is 23.2 Å². The van der Waals surface area contributed by atoms with Gasteiger partial charge in [-0.1, -0.05) is 72.5 Å². The van der Waals surface area contributed by atoms with Crippen LogP contribution in [0.2, 0.25) is 10.0 Å². The number of methoxy groups -OCH3 is 1. The minimum atomic E-state index is -1.02. The van der Waals surface area contributed by atoms with Crippen LogP contribution in [-0.2, 0) is 6.42 Å². The Morgan fingerprint density at radius 2 is 1.72 bits per heavy atom. The Labute approximate surface area is 219 Å². The van der Waals surface area contributed by atoms with Crippen LogP contribution in [0, 0.1) is 0 Å². The molecule has 1 aliphatic rings. The lowest BCUT2D eigenvalue weighted by molar-refractivity contribution is 0.216. The Bertz CT molecular complexity index is 1420. The van der Waals surface area contributed by atoms with Gasteiger partial charge in [0.1, 0.15) is 29.1 Å². The van der Waals surface area contributed by atoms with Crippen molar-refractivity contribution < 1.29 is 19.1 Å². The molecule has 36 heavy (non-hydrogen) atoms. The fourth-order valence-electron chi connectivity index (χ4n) is 4.42. The van der Waals surface area contributed by atoms with Gasteiger partial charge < -0.3 is 19.1 Å². The fraction of sp³-hybridized carbons (Fsp3) is 0.207. The van der Waals surface area contributed by atoms with E-state index < -0.39 is 6.10 Å². The predicted octanol–water partition coefficient (Wildman–Crippen LogP) is 7.84. The van der Waals surface area contributed by atoms with Crippen LogP contribution < -0.4 is 9.47 Å². The maximum Gasteiger partial charge on any atom is 0.146 e. The number of fused-ring (bicyclic) bond motifs is 1. The van der Waals surface area contributed by atoms with Crippen LogP contribution in [0.4, 0.5) is 0 Å². The Morgan fingerprint density at radius 3 is 2.39 bits per heavy atom. The first-order valence-corrected chi connectivity index (χ1v) is 12.4. The van der Waals surface area contributed by atoms with Crippen LogP contribution in [0.5, 0.6) is 11.5 Å². The van der Waals surface area contributed by atoms with Gasteiger partial charge in [0, 0.05) is 17.9 Å². The van der Waals surface area contributed by atoms with Gasteiger partial charge >= 0.3 is 0 Å². The number of aliphatic hydroxyl groups is 1. The summed E-state index contributed by atoms with van der Waals surface area (Å²) in [5.74, 6) is 2.07. The number of ether oxygens (including phenoxy) is 2. The summed E-state index contributed by atoms with van der Waals surface area (Å²) in [4.78, 5) is 0. The molecular weight excluding hydrogens is 497 g/mol. The quantitative estimate of drug-likeness (QED) is 0.280. The molecule has 1 atom stereocenters. The van der Waals surface area contributed by atoms with Crippen molar-refractivity contribution in [2.75, 3.05) is 7.11 Å². The maximum absolute atomic E-state index is 11.5. The summed E-state index contributed by atoms with van der Waals surface area (Å²) in [6, 6.07) is 18.9. The molecule has 1 unspecified atom stereocenters. The van der Waals surface area contributed by atoms with Crippen LogP contribution in [0.3, 0.4) is 0 Å². The number of hydrogen-bond donors (Lipinski definition) is 1. The van der Waals surface area contributed by atoms with Gasteiger partial charge in [-0.05, 0) is 52.6 Å². The highest BCUT2D eigenvalue weighted by Crippen LogP contribution is 2.43. The van der Waals surface area contributed by atoms with Crippen molar-refractivity contribution in [1.29, 1.82) is 0 Å². The molecule has 4 aromatic rings. The van der Waals surface area contributed by atoms with Crippen molar-refractivity contribution in [1.82, 2.24) is 5.16 Å². The summed E-state index contributed by atoms with van der Waals surface area (Å²) >= 11 is 12.9. The Kier molecular flexibility index (Phi) is 6.80. The second-order valence-electron chi connectivity index (χ2n) is 9.00. The molecule has 0 spiro atoms. The third-order valence-electron chi connectivity index (χ3n) is 6.33. The first kappa shape index (κ1) is 24.4. The van der Waals surface area contributed by atoms with Crippen LogP contribution in [-0.4, -0.2) is 17.4 Å². The second-order valence-corrected chi connectivity index (χ2v) is 9.81. The highest BCUT2D eigenvalue weighted by molar-refractivity contribution is 6.39. The standard InChI is InChI=1S/C29H25Cl2NO4/c1-16(2)29-26(27(32-36-29)25-22(30)5-4-6-23(25)31)28(33)19-8-7-18-13-20(15-35-24(18)14-19)17-9-11-21(34-3)12-10-17/h4-12,14-16,28,33H,13H2,1-3H3. The number of halogens is 2. The molecule has 0 bridgehead atoms. The van der Waals surface area contributed by atoms with E-state index in [9.17, 15) is 5.11 Å². The zero-order valence-electron chi connectivity index (χ0n) is 20.1. The summed E-state index contributed by atoms with van der Waals surface area (Å²) in [5.41, 5.74) is 5.33. The van der Waals surface area contributed by atoms with Crippen molar-refractivity contribution in [2.45, 2.75) is 32.3 Å². The van der Waals surface area contributed by atoms with Gasteiger partial charge in [0.25, 0.3) is 0 Å². The van der Waals surface area contributed by atoms with E-state index in [-0.39, 0.29) is 5.92 Å². The summed E-state index contributed by atoms with van der Waals surface area (Å²) in [6.07, 6.45) is 1.45. The van der Waals surface area contributed by atoms with Gasteiger partial charge in [-0.25, -0.2) is 0 Å². The molecule has 7 heteroatoms. The molecule has 1 aromatic heterocycles. The van der Waals surface area contributed by atoms with Gasteiger partial charge in [-0.3, -0.25) is 0 Å². The number of allylic oxidation sites excluding steroid dienone is 1. The van der Waals surface area contributed by atoms with Gasteiger partial charge in [0.2, 0.25) is 0 Å². The lowest BCUT2D eigenvalue weighted by Gasteiger charge is -2.21. The van der Waals surface area contributed by atoms with E-state index in [2.05, 4.69) is 5.16 Å². The first-order chi connectivity index (χ1) is 17.4. The summed E-state index contributed by atoms with van der Waals surface area (Å²) in [5, 5.41) is 16.7. The van der Waals surface area contributed by atoms with Crippen molar-refractivity contribution in [3.05, 3.63) is 105 Å². The average Bonchev–Trinajstić information content (AvgIpc) is 3.32. The Balaban J connectivity index is 1.49. The summed E-state index contributed by atoms with van der Waals surface area (Å²) < 4.78 is 16.9. The molecule has 0 fully saturated rings. The van der Waals surface area contributed by atoms with E-state index >= 15 is 0 Å². The molecule has 1 N–H and O–H groups in total. The number of aromatic nitrogens is 1. The molecule has 2 heterocycles. The fourth-order valence-corrected chi connectivity index (χ4v) is 4.99. The van der Waals surface area contributed by atoms with Crippen LogP contribution in [0.1, 0.15) is 53.9 Å². The smallest absolute Gasteiger partial charge is 0.146 e. The van der Waals surface area contributed by atoms with Crippen molar-refractivity contribution in [2.24, 2.45) is 0 Å². The number of aliphatic hydroxyl groups excluding tert-OH is 1. The van der Waals surface area contributed by atoms with E-state index in [4.69, 9.17) is 37.2 Å². The third kappa shape index (κ3) is 4.50. The Hall–Kier alpha value is -3.25. The zero-order chi connectivity index (χ0) is 25.4. The molecule has 0 saturated carbocycles. The number of benzene rings is 3. The largest absolute Gasteiger partial charge is 0.497 e. The molecule has 5 nitrogen and oxygen atoms in total. The SMILES string of the molecule is COc1ccc(C2=COc3cc(C(O)c4c(-c5c(Cl)cccc5Cl)noc4C(C)C)ccc3C2)cc1. The highest BCUT2D eigenvalue weighted by Gasteiger charge is 2.29. The highest BCUT2D eigenvalue weighted by atomic mass is 35.5. The normalized spacial score (nSPS) is 13.7. The van der Waals surface area contributed by atoms with E-state index in [0.29, 0.717) is 50.4 Å². The second kappa shape index (κ2) is 10.0. The molecule has 0 saturated heterocycles. The summed E-state index contributed by atoms with van der Waals surface area (Å²) in [7, 11) is 1.65. The van der Waals surface area contributed by atoms with Crippen molar-refractivity contribution in [3.63, 3.8) is 0 Å². The van der Waals surface area contributed by atoms with E-state index in [1.807, 2.05) is 56.3 Å². The van der Waals surface area contributed by atoms with Crippen LogP contribution in [0.25, 0.3) is 16.8 Å². The molecule has 0 radical (unpaired) electrons.